The Bertz CT molecular complexity index is 874. The Morgan fingerprint density at radius 2 is 2.12 bits per heavy atom. The van der Waals surface area contributed by atoms with Crippen LogP contribution < -0.4 is 9.62 Å². The molecule has 134 valence electrons. The van der Waals surface area contributed by atoms with Crippen LogP contribution in [0.2, 0.25) is 0 Å². The number of hydrogen-bond acceptors (Lipinski definition) is 4. The van der Waals surface area contributed by atoms with Crippen LogP contribution in [0.4, 0.5) is 5.69 Å². The lowest BCUT2D eigenvalue weighted by molar-refractivity contribution is 0.0943. The third kappa shape index (κ3) is 3.57. The fourth-order valence-corrected chi connectivity index (χ4v) is 5.55. The van der Waals surface area contributed by atoms with Crippen LogP contribution in [0, 0.1) is 0 Å². The first kappa shape index (κ1) is 17.9. The number of rotatable bonds is 5. The summed E-state index contributed by atoms with van der Waals surface area (Å²) in [6.07, 6.45) is 2.50. The Morgan fingerprint density at radius 1 is 1.36 bits per heavy atom. The highest BCUT2D eigenvalue weighted by Gasteiger charge is 2.30. The van der Waals surface area contributed by atoms with Gasteiger partial charge in [0.25, 0.3) is 15.9 Å². The summed E-state index contributed by atoms with van der Waals surface area (Å²) >= 11 is 1.16. The van der Waals surface area contributed by atoms with Gasteiger partial charge in [0, 0.05) is 18.0 Å². The van der Waals surface area contributed by atoms with Gasteiger partial charge >= 0.3 is 0 Å². The van der Waals surface area contributed by atoms with Crippen molar-refractivity contribution in [2.45, 2.75) is 44.0 Å². The maximum Gasteiger partial charge on any atom is 0.265 e. The number of para-hydroxylation sites is 1. The SMILES string of the molecule is CC[C@@H](C)NC(=O)c1cc(S(=O)(=O)N2CCCc3ccccc32)cs1. The number of anilines is 1. The van der Waals surface area contributed by atoms with Gasteiger partial charge in [-0.3, -0.25) is 9.10 Å². The summed E-state index contributed by atoms with van der Waals surface area (Å²) < 4.78 is 27.6. The molecule has 25 heavy (non-hydrogen) atoms. The van der Waals surface area contributed by atoms with Crippen LogP contribution in [0.5, 0.6) is 0 Å². The van der Waals surface area contributed by atoms with E-state index in [1.54, 1.807) is 5.38 Å². The number of fused-ring (bicyclic) bond motifs is 1. The minimum absolute atomic E-state index is 0.0589. The first-order chi connectivity index (χ1) is 11.9. The quantitative estimate of drug-likeness (QED) is 0.867. The van der Waals surface area contributed by atoms with Crippen molar-refractivity contribution in [3.8, 4) is 0 Å². The van der Waals surface area contributed by atoms with E-state index in [2.05, 4.69) is 5.32 Å². The summed E-state index contributed by atoms with van der Waals surface area (Å²) in [5.41, 5.74) is 1.79. The van der Waals surface area contributed by atoms with E-state index < -0.39 is 10.0 Å². The van der Waals surface area contributed by atoms with Crippen molar-refractivity contribution in [2.24, 2.45) is 0 Å². The normalized spacial score (nSPS) is 15.5. The second-order valence-electron chi connectivity index (χ2n) is 6.24. The van der Waals surface area contributed by atoms with Crippen LogP contribution in [-0.4, -0.2) is 26.9 Å². The predicted molar refractivity (Wildman–Crippen MR) is 101 cm³/mol. The topological polar surface area (TPSA) is 66.5 Å². The predicted octanol–water partition coefficient (Wildman–Crippen LogP) is 3.42. The molecule has 7 heteroatoms. The van der Waals surface area contributed by atoms with Crippen LogP contribution in [0.25, 0.3) is 0 Å². The molecule has 1 aromatic heterocycles. The standard InChI is InChI=1S/C18H22N2O3S2/c1-3-13(2)19-18(21)17-11-15(12-24-17)25(22,23)20-10-6-8-14-7-4-5-9-16(14)20/h4-5,7,9,11-13H,3,6,8,10H2,1-2H3,(H,19,21)/t13-/m1/s1. The largest absolute Gasteiger partial charge is 0.349 e. The number of sulfonamides is 1. The number of carbonyl (C=O) groups is 1. The van der Waals surface area contributed by atoms with Crippen LogP contribution in [-0.2, 0) is 16.4 Å². The molecule has 1 aliphatic rings. The molecule has 1 aliphatic heterocycles. The molecular weight excluding hydrogens is 356 g/mol. The molecule has 0 unspecified atom stereocenters. The van der Waals surface area contributed by atoms with Gasteiger partial charge in [0.1, 0.15) is 0 Å². The number of benzene rings is 1. The van der Waals surface area contributed by atoms with E-state index in [0.717, 1.165) is 41.9 Å². The number of nitrogens with one attached hydrogen (secondary N) is 1. The Kier molecular flexibility index (Phi) is 5.15. The van der Waals surface area contributed by atoms with E-state index in [0.29, 0.717) is 11.4 Å². The zero-order valence-electron chi connectivity index (χ0n) is 14.4. The molecule has 0 saturated heterocycles. The average molecular weight is 379 g/mol. The Balaban J connectivity index is 1.88. The van der Waals surface area contributed by atoms with Gasteiger partial charge in [0.2, 0.25) is 0 Å². The summed E-state index contributed by atoms with van der Waals surface area (Å²) in [5, 5.41) is 4.42. The Morgan fingerprint density at radius 3 is 2.88 bits per heavy atom. The number of aryl methyl sites for hydroxylation is 1. The fraction of sp³-hybridized carbons (Fsp3) is 0.389. The summed E-state index contributed by atoms with van der Waals surface area (Å²) in [4.78, 5) is 12.8. The number of thiophene rings is 1. The molecule has 0 aliphatic carbocycles. The molecule has 2 heterocycles. The van der Waals surface area contributed by atoms with E-state index in [9.17, 15) is 13.2 Å². The average Bonchev–Trinajstić information content (AvgIpc) is 3.12. The third-order valence-corrected chi connectivity index (χ3v) is 7.31. The van der Waals surface area contributed by atoms with Gasteiger partial charge in [-0.25, -0.2) is 8.42 Å². The summed E-state index contributed by atoms with van der Waals surface area (Å²) in [6.45, 7) is 4.38. The molecule has 0 saturated carbocycles. The van der Waals surface area contributed by atoms with Crippen molar-refractivity contribution in [1.29, 1.82) is 0 Å². The van der Waals surface area contributed by atoms with Gasteiger partial charge in [-0.05, 0) is 43.9 Å². The van der Waals surface area contributed by atoms with Crippen molar-refractivity contribution >= 4 is 33.0 Å². The zero-order valence-corrected chi connectivity index (χ0v) is 16.0. The summed E-state index contributed by atoms with van der Waals surface area (Å²) in [6, 6.07) is 9.13. The zero-order chi connectivity index (χ0) is 18.0. The molecule has 1 atom stereocenters. The van der Waals surface area contributed by atoms with Crippen LogP contribution in [0.15, 0.2) is 40.6 Å². The maximum absolute atomic E-state index is 13.1. The summed E-state index contributed by atoms with van der Waals surface area (Å²) in [7, 11) is -3.66. The second-order valence-corrected chi connectivity index (χ2v) is 9.01. The lowest BCUT2D eigenvalue weighted by Gasteiger charge is -2.30. The van der Waals surface area contributed by atoms with E-state index in [4.69, 9.17) is 0 Å². The molecule has 0 bridgehead atoms. The number of amides is 1. The molecule has 5 nitrogen and oxygen atoms in total. The van der Waals surface area contributed by atoms with Gasteiger partial charge in [-0.15, -0.1) is 11.3 Å². The molecule has 3 rings (SSSR count). The molecule has 1 amide bonds. The molecule has 0 spiro atoms. The first-order valence-corrected chi connectivity index (χ1v) is 10.8. The van der Waals surface area contributed by atoms with E-state index in [1.165, 1.54) is 10.4 Å². The number of carbonyl (C=O) groups excluding carboxylic acids is 1. The van der Waals surface area contributed by atoms with Crippen molar-refractivity contribution in [1.82, 2.24) is 5.32 Å². The number of hydrogen-bond donors (Lipinski definition) is 1. The second kappa shape index (κ2) is 7.17. The molecular formula is C18H22N2O3S2. The van der Waals surface area contributed by atoms with E-state index in [-0.39, 0.29) is 16.8 Å². The first-order valence-electron chi connectivity index (χ1n) is 8.43. The molecule has 0 radical (unpaired) electrons. The van der Waals surface area contributed by atoms with Crippen LogP contribution >= 0.6 is 11.3 Å². The minimum atomic E-state index is -3.66. The molecule has 1 aromatic carbocycles. The fourth-order valence-electron chi connectivity index (χ4n) is 2.85. The Hall–Kier alpha value is -1.86. The van der Waals surface area contributed by atoms with Crippen molar-refractivity contribution in [3.63, 3.8) is 0 Å². The van der Waals surface area contributed by atoms with Crippen molar-refractivity contribution in [2.75, 3.05) is 10.8 Å². The van der Waals surface area contributed by atoms with Gasteiger partial charge in [0.15, 0.2) is 0 Å². The highest BCUT2D eigenvalue weighted by Crippen LogP contribution is 2.33. The van der Waals surface area contributed by atoms with Gasteiger partial charge < -0.3 is 5.32 Å². The van der Waals surface area contributed by atoms with Crippen LogP contribution in [0.1, 0.15) is 41.9 Å². The number of nitrogens with zero attached hydrogens (tertiary/aromatic N) is 1. The van der Waals surface area contributed by atoms with E-state index >= 15 is 0 Å². The summed E-state index contributed by atoms with van der Waals surface area (Å²) in [5.74, 6) is -0.222. The minimum Gasteiger partial charge on any atom is -0.349 e. The van der Waals surface area contributed by atoms with Crippen LogP contribution in [0.3, 0.4) is 0 Å². The smallest absolute Gasteiger partial charge is 0.265 e. The van der Waals surface area contributed by atoms with Gasteiger partial charge in [0.05, 0.1) is 15.5 Å². The van der Waals surface area contributed by atoms with Crippen molar-refractivity contribution in [3.05, 3.63) is 46.2 Å². The van der Waals surface area contributed by atoms with E-state index in [1.807, 2.05) is 38.1 Å². The maximum atomic E-state index is 13.1. The lowest BCUT2D eigenvalue weighted by atomic mass is 10.0. The van der Waals surface area contributed by atoms with Crippen molar-refractivity contribution < 1.29 is 13.2 Å². The monoisotopic (exact) mass is 378 g/mol. The molecule has 2 aromatic rings. The molecule has 1 N–H and O–H groups in total. The lowest BCUT2D eigenvalue weighted by Crippen LogP contribution is -2.35. The van der Waals surface area contributed by atoms with Gasteiger partial charge in [-0.2, -0.15) is 0 Å². The Labute approximate surface area is 152 Å². The highest BCUT2D eigenvalue weighted by atomic mass is 32.2. The third-order valence-electron chi connectivity index (χ3n) is 4.44. The molecule has 0 fully saturated rings. The van der Waals surface area contributed by atoms with Gasteiger partial charge in [-0.1, -0.05) is 25.1 Å². The highest BCUT2D eigenvalue weighted by molar-refractivity contribution is 7.93.